The standard InChI is InChI=1S/C9H20O2/c1-7-9(5,6)11-10-8(2,3)4/h7H2,1-6H3. The summed E-state index contributed by atoms with van der Waals surface area (Å²) < 4.78 is 0. The maximum atomic E-state index is 5.24. The van der Waals surface area contributed by atoms with Crippen LogP contribution in [0.1, 0.15) is 48.0 Å². The summed E-state index contributed by atoms with van der Waals surface area (Å²) in [7, 11) is 0. The molecule has 0 aromatic rings. The molecule has 0 fully saturated rings. The summed E-state index contributed by atoms with van der Waals surface area (Å²) in [5.74, 6) is 0. The highest BCUT2D eigenvalue weighted by Crippen LogP contribution is 2.18. The van der Waals surface area contributed by atoms with Gasteiger partial charge in [-0.3, -0.25) is 0 Å². The molecule has 0 aliphatic rings. The van der Waals surface area contributed by atoms with Gasteiger partial charge in [0.1, 0.15) is 0 Å². The van der Waals surface area contributed by atoms with E-state index in [-0.39, 0.29) is 11.2 Å². The third kappa shape index (κ3) is 6.32. The lowest BCUT2D eigenvalue weighted by atomic mass is 10.1. The Morgan fingerprint density at radius 2 is 1.36 bits per heavy atom. The highest BCUT2D eigenvalue weighted by molar-refractivity contribution is 4.63. The molecule has 0 aliphatic heterocycles. The molecular weight excluding hydrogens is 140 g/mol. The Labute approximate surface area is 69.8 Å². The van der Waals surface area contributed by atoms with Crippen LogP contribution in [0.2, 0.25) is 0 Å². The minimum atomic E-state index is -0.216. The van der Waals surface area contributed by atoms with E-state index in [1.165, 1.54) is 0 Å². The number of hydrogen-bond donors (Lipinski definition) is 0. The van der Waals surface area contributed by atoms with Gasteiger partial charge < -0.3 is 0 Å². The van der Waals surface area contributed by atoms with E-state index < -0.39 is 0 Å². The van der Waals surface area contributed by atoms with E-state index in [1.807, 2.05) is 34.6 Å². The second-order valence-corrected chi connectivity index (χ2v) is 4.39. The van der Waals surface area contributed by atoms with E-state index in [9.17, 15) is 0 Å². The van der Waals surface area contributed by atoms with Gasteiger partial charge in [0.25, 0.3) is 0 Å². The summed E-state index contributed by atoms with van der Waals surface area (Å²) in [4.78, 5) is 10.4. The highest BCUT2D eigenvalue weighted by atomic mass is 17.2. The monoisotopic (exact) mass is 160 g/mol. The van der Waals surface area contributed by atoms with E-state index in [2.05, 4.69) is 6.92 Å². The molecule has 2 heteroatoms. The van der Waals surface area contributed by atoms with Crippen LogP contribution in [0.25, 0.3) is 0 Å². The average molecular weight is 160 g/mol. The lowest BCUT2D eigenvalue weighted by Gasteiger charge is -2.27. The SMILES string of the molecule is CCC(C)(C)OOC(C)(C)C. The summed E-state index contributed by atoms with van der Waals surface area (Å²) in [6, 6.07) is 0. The van der Waals surface area contributed by atoms with Crippen molar-refractivity contribution >= 4 is 0 Å². The van der Waals surface area contributed by atoms with Crippen molar-refractivity contribution in [3.8, 4) is 0 Å². The van der Waals surface area contributed by atoms with Crippen LogP contribution in [-0.4, -0.2) is 11.2 Å². The summed E-state index contributed by atoms with van der Waals surface area (Å²) in [5, 5.41) is 0. The van der Waals surface area contributed by atoms with Crippen LogP contribution in [-0.2, 0) is 9.78 Å². The van der Waals surface area contributed by atoms with Crippen LogP contribution in [0, 0.1) is 0 Å². The minimum absolute atomic E-state index is 0.173. The molecule has 0 saturated heterocycles. The second-order valence-electron chi connectivity index (χ2n) is 4.39. The van der Waals surface area contributed by atoms with Gasteiger partial charge in [0.2, 0.25) is 0 Å². The molecule has 0 rings (SSSR count). The quantitative estimate of drug-likeness (QED) is 0.467. The van der Waals surface area contributed by atoms with E-state index in [0.29, 0.717) is 0 Å². The molecule has 0 radical (unpaired) electrons. The molecule has 0 aliphatic carbocycles. The van der Waals surface area contributed by atoms with E-state index in [1.54, 1.807) is 0 Å². The van der Waals surface area contributed by atoms with Gasteiger partial charge in [-0.1, -0.05) is 6.92 Å². The normalized spacial score (nSPS) is 13.6. The third-order valence-corrected chi connectivity index (χ3v) is 1.37. The number of hydrogen-bond acceptors (Lipinski definition) is 2. The fourth-order valence-electron chi connectivity index (χ4n) is 0.297. The van der Waals surface area contributed by atoms with E-state index in [4.69, 9.17) is 9.78 Å². The van der Waals surface area contributed by atoms with Gasteiger partial charge in [0, 0.05) is 0 Å². The zero-order valence-corrected chi connectivity index (χ0v) is 8.52. The lowest BCUT2D eigenvalue weighted by Crippen LogP contribution is -2.29. The maximum absolute atomic E-state index is 5.24. The van der Waals surface area contributed by atoms with Crippen molar-refractivity contribution in [2.45, 2.75) is 59.2 Å². The average Bonchev–Trinajstić information content (AvgIpc) is 1.83. The Hall–Kier alpha value is -0.0800. The largest absolute Gasteiger partial charge is 0.230 e. The van der Waals surface area contributed by atoms with Crippen molar-refractivity contribution in [1.29, 1.82) is 0 Å². The summed E-state index contributed by atoms with van der Waals surface area (Å²) in [6.45, 7) is 12.0. The van der Waals surface area contributed by atoms with Crippen LogP contribution in [0.4, 0.5) is 0 Å². The molecular formula is C9H20O2. The molecule has 0 heterocycles. The second kappa shape index (κ2) is 3.55. The third-order valence-electron chi connectivity index (χ3n) is 1.37. The Morgan fingerprint density at radius 1 is 0.909 bits per heavy atom. The Balaban J connectivity index is 3.70. The zero-order valence-electron chi connectivity index (χ0n) is 8.52. The van der Waals surface area contributed by atoms with Crippen molar-refractivity contribution < 1.29 is 9.78 Å². The molecule has 68 valence electrons. The molecule has 0 saturated carbocycles. The first kappa shape index (κ1) is 10.9. The molecule has 0 N–H and O–H groups in total. The smallest absolute Gasteiger partial charge is 0.0977 e. The van der Waals surface area contributed by atoms with Gasteiger partial charge in [0.05, 0.1) is 11.2 Å². The molecule has 0 atom stereocenters. The Bertz CT molecular complexity index is 111. The summed E-state index contributed by atoms with van der Waals surface area (Å²) in [5.41, 5.74) is -0.389. The fourth-order valence-corrected chi connectivity index (χ4v) is 0.297. The van der Waals surface area contributed by atoms with Crippen LogP contribution in [0.5, 0.6) is 0 Å². The van der Waals surface area contributed by atoms with Gasteiger partial charge in [-0.25, -0.2) is 9.78 Å². The van der Waals surface area contributed by atoms with Gasteiger partial charge in [-0.2, -0.15) is 0 Å². The maximum Gasteiger partial charge on any atom is 0.0977 e. The van der Waals surface area contributed by atoms with Gasteiger partial charge in [-0.05, 0) is 41.0 Å². The van der Waals surface area contributed by atoms with Crippen LogP contribution < -0.4 is 0 Å². The first-order chi connectivity index (χ1) is 4.77. The number of rotatable bonds is 3. The van der Waals surface area contributed by atoms with Crippen molar-refractivity contribution in [2.24, 2.45) is 0 Å². The molecule has 0 unspecified atom stereocenters. The molecule has 0 bridgehead atoms. The van der Waals surface area contributed by atoms with Crippen molar-refractivity contribution in [1.82, 2.24) is 0 Å². The molecule has 2 nitrogen and oxygen atoms in total. The van der Waals surface area contributed by atoms with Crippen LogP contribution in [0.3, 0.4) is 0 Å². The highest BCUT2D eigenvalue weighted by Gasteiger charge is 2.21. The topological polar surface area (TPSA) is 18.5 Å². The Kier molecular flexibility index (Phi) is 3.52. The van der Waals surface area contributed by atoms with Crippen molar-refractivity contribution in [3.63, 3.8) is 0 Å². The van der Waals surface area contributed by atoms with Crippen LogP contribution in [0.15, 0.2) is 0 Å². The van der Waals surface area contributed by atoms with Gasteiger partial charge in [-0.15, -0.1) is 0 Å². The molecule has 0 aromatic carbocycles. The molecule has 0 aromatic heterocycles. The van der Waals surface area contributed by atoms with Crippen LogP contribution >= 0.6 is 0 Å². The molecule has 0 spiro atoms. The first-order valence-corrected chi connectivity index (χ1v) is 4.14. The van der Waals surface area contributed by atoms with E-state index >= 15 is 0 Å². The summed E-state index contributed by atoms with van der Waals surface area (Å²) >= 11 is 0. The first-order valence-electron chi connectivity index (χ1n) is 4.14. The van der Waals surface area contributed by atoms with E-state index in [0.717, 1.165) is 6.42 Å². The lowest BCUT2D eigenvalue weighted by molar-refractivity contribution is -0.397. The predicted octanol–water partition coefficient (Wildman–Crippen LogP) is 2.92. The van der Waals surface area contributed by atoms with Crippen molar-refractivity contribution in [2.75, 3.05) is 0 Å². The molecule has 11 heavy (non-hydrogen) atoms. The fraction of sp³-hybridized carbons (Fsp3) is 1.00. The Morgan fingerprint density at radius 3 is 1.64 bits per heavy atom. The van der Waals surface area contributed by atoms with Crippen molar-refractivity contribution in [3.05, 3.63) is 0 Å². The zero-order chi connectivity index (χ0) is 9.12. The van der Waals surface area contributed by atoms with Gasteiger partial charge >= 0.3 is 0 Å². The van der Waals surface area contributed by atoms with Gasteiger partial charge in [0.15, 0.2) is 0 Å². The summed E-state index contributed by atoms with van der Waals surface area (Å²) in [6.07, 6.45) is 0.948. The molecule has 0 amide bonds. The predicted molar refractivity (Wildman–Crippen MR) is 46.3 cm³/mol. The minimum Gasteiger partial charge on any atom is -0.230 e.